The Hall–Kier alpha value is -4.14. The van der Waals surface area contributed by atoms with Gasteiger partial charge in [0.1, 0.15) is 23.2 Å². The number of amides is 1. The van der Waals surface area contributed by atoms with Gasteiger partial charge in [0.05, 0.1) is 0 Å². The van der Waals surface area contributed by atoms with E-state index in [0.29, 0.717) is 5.75 Å². The van der Waals surface area contributed by atoms with Gasteiger partial charge < -0.3 is 24.6 Å². The van der Waals surface area contributed by atoms with Crippen LogP contribution in [0.25, 0.3) is 0 Å². The summed E-state index contributed by atoms with van der Waals surface area (Å²) < 4.78 is 17.0. The molecule has 0 atom stereocenters. The highest BCUT2D eigenvalue weighted by molar-refractivity contribution is 5.85. The van der Waals surface area contributed by atoms with Crippen LogP contribution in [-0.4, -0.2) is 44.9 Å². The third kappa shape index (κ3) is 6.79. The average molecular weight is 520 g/mol. The zero-order chi connectivity index (χ0) is 27.5. The number of ether oxygens (including phenoxy) is 3. The first-order valence-corrected chi connectivity index (χ1v) is 12.5. The van der Waals surface area contributed by atoms with Gasteiger partial charge in [-0.15, -0.1) is 0 Å². The molecule has 1 saturated carbocycles. The lowest BCUT2D eigenvalue weighted by Gasteiger charge is -2.36. The maximum absolute atomic E-state index is 11.9. The topological polar surface area (TPSA) is 120 Å². The number of carbonyl (C=O) groups is 2. The molecule has 0 unspecified atom stereocenters. The zero-order valence-electron chi connectivity index (χ0n) is 22.2. The molecule has 4 rings (SSSR count). The Morgan fingerprint density at radius 3 is 2.03 bits per heavy atom. The summed E-state index contributed by atoms with van der Waals surface area (Å²) >= 11 is 0. The third-order valence-electron chi connectivity index (χ3n) is 6.33. The maximum Gasteiger partial charge on any atom is 0.407 e. The summed E-state index contributed by atoms with van der Waals surface area (Å²) in [5, 5.41) is 12.0. The highest BCUT2D eigenvalue weighted by Gasteiger charge is 2.33. The van der Waals surface area contributed by atoms with Gasteiger partial charge >= 0.3 is 18.1 Å². The number of carboxylic acids is 1. The van der Waals surface area contributed by atoms with Crippen LogP contribution in [0.5, 0.6) is 17.5 Å². The largest absolute Gasteiger partial charge is 0.490 e. The Balaban J connectivity index is 1.31. The van der Waals surface area contributed by atoms with Gasteiger partial charge in [0.25, 0.3) is 0 Å². The molecule has 0 saturated heterocycles. The van der Waals surface area contributed by atoms with Gasteiger partial charge in [0.15, 0.2) is 5.69 Å². The minimum absolute atomic E-state index is 0.0223. The van der Waals surface area contributed by atoms with Gasteiger partial charge in [-0.2, -0.15) is 4.98 Å². The van der Waals surface area contributed by atoms with Crippen LogP contribution in [0, 0.1) is 0 Å². The number of nitrogens with zero attached hydrogens (tertiary/aromatic N) is 2. The number of hydrogen-bond acceptors (Lipinski definition) is 7. The lowest BCUT2D eigenvalue weighted by Crippen LogP contribution is -2.50. The Morgan fingerprint density at radius 1 is 0.895 bits per heavy atom. The van der Waals surface area contributed by atoms with E-state index in [0.717, 1.165) is 29.7 Å². The van der Waals surface area contributed by atoms with E-state index in [-0.39, 0.29) is 29.3 Å². The molecule has 1 aromatic heterocycles. The fraction of sp³-hybridized carbons (Fsp3) is 0.379. The van der Waals surface area contributed by atoms with Crippen LogP contribution in [-0.2, 0) is 10.2 Å². The third-order valence-corrected chi connectivity index (χ3v) is 6.33. The molecule has 38 heavy (non-hydrogen) atoms. The number of aromatic carboxylic acids is 1. The van der Waals surface area contributed by atoms with E-state index in [1.165, 1.54) is 12.3 Å². The second-order valence-corrected chi connectivity index (χ2v) is 10.9. The van der Waals surface area contributed by atoms with E-state index in [9.17, 15) is 9.59 Å². The molecule has 2 aromatic carbocycles. The summed E-state index contributed by atoms with van der Waals surface area (Å²) in [5.74, 6) is 0.159. The molecule has 1 aliphatic rings. The van der Waals surface area contributed by atoms with E-state index in [1.54, 1.807) is 0 Å². The summed E-state index contributed by atoms with van der Waals surface area (Å²) in [6, 6.07) is 16.9. The van der Waals surface area contributed by atoms with Gasteiger partial charge in [-0.3, -0.25) is 0 Å². The molecule has 200 valence electrons. The second kappa shape index (κ2) is 10.7. The monoisotopic (exact) mass is 519 g/mol. The average Bonchev–Trinajstić information content (AvgIpc) is 2.82. The number of nitrogens with one attached hydrogen (secondary N) is 1. The van der Waals surface area contributed by atoms with Crippen molar-refractivity contribution in [3.8, 4) is 17.5 Å². The Morgan fingerprint density at radius 2 is 1.47 bits per heavy atom. The summed E-state index contributed by atoms with van der Waals surface area (Å²) in [4.78, 5) is 30.9. The zero-order valence-corrected chi connectivity index (χ0v) is 22.2. The minimum atomic E-state index is -1.14. The van der Waals surface area contributed by atoms with Crippen LogP contribution in [0.2, 0.25) is 0 Å². The molecular formula is C29H33N3O6. The Kier molecular flexibility index (Phi) is 7.57. The summed E-state index contributed by atoms with van der Waals surface area (Å²) in [5.41, 5.74) is 1.27. The SMILES string of the molecule is CC(C)(C)OC(=O)N[C@H]1C[C@H](Oc2ccc(C(C)(C)c3ccc(Oc4nccc(C(=O)O)n4)cc3)cc2)C1. The molecule has 0 bridgehead atoms. The van der Waals surface area contributed by atoms with Crippen molar-refractivity contribution < 1.29 is 28.9 Å². The van der Waals surface area contributed by atoms with Gasteiger partial charge in [-0.1, -0.05) is 38.1 Å². The molecule has 3 aromatic rings. The van der Waals surface area contributed by atoms with Crippen molar-refractivity contribution in [1.82, 2.24) is 15.3 Å². The lowest BCUT2D eigenvalue weighted by atomic mass is 9.78. The molecule has 1 fully saturated rings. The summed E-state index contributed by atoms with van der Waals surface area (Å²) in [6.45, 7) is 9.80. The maximum atomic E-state index is 11.9. The summed E-state index contributed by atoms with van der Waals surface area (Å²) in [7, 11) is 0. The molecule has 0 spiro atoms. The number of benzene rings is 2. The second-order valence-electron chi connectivity index (χ2n) is 10.9. The molecule has 9 nitrogen and oxygen atoms in total. The highest BCUT2D eigenvalue weighted by Crippen LogP contribution is 2.34. The van der Waals surface area contributed by atoms with Gasteiger partial charge in [-0.05, 0) is 62.2 Å². The molecule has 0 radical (unpaired) electrons. The van der Waals surface area contributed by atoms with Crippen molar-refractivity contribution in [1.29, 1.82) is 0 Å². The fourth-order valence-corrected chi connectivity index (χ4v) is 4.12. The standard InChI is InChI=1S/C29H33N3O6/c1-28(2,3)38-27(35)31-20-16-23(17-20)36-21-10-6-18(7-11-21)29(4,5)19-8-12-22(13-9-19)37-26-30-15-14-24(32-26)25(33)34/h6-15,20,23H,16-17H2,1-5H3,(H,31,35)(H,33,34)/t20-,23-. The first-order valence-electron chi connectivity index (χ1n) is 12.5. The number of carboxylic acid groups (broad SMARTS) is 1. The number of hydrogen-bond donors (Lipinski definition) is 2. The predicted molar refractivity (Wildman–Crippen MR) is 141 cm³/mol. The van der Waals surface area contributed by atoms with Crippen molar-refractivity contribution in [3.63, 3.8) is 0 Å². The number of rotatable bonds is 8. The van der Waals surface area contributed by atoms with Crippen LogP contribution < -0.4 is 14.8 Å². The normalized spacial score (nSPS) is 17.2. The number of carbonyl (C=O) groups excluding carboxylic acids is 1. The smallest absolute Gasteiger partial charge is 0.407 e. The van der Waals surface area contributed by atoms with Gasteiger partial charge in [0, 0.05) is 30.5 Å². The quantitative estimate of drug-likeness (QED) is 0.387. The van der Waals surface area contributed by atoms with Crippen LogP contribution in [0.15, 0.2) is 60.8 Å². The molecule has 0 aliphatic heterocycles. The van der Waals surface area contributed by atoms with E-state index in [1.807, 2.05) is 57.2 Å². The van der Waals surface area contributed by atoms with Crippen LogP contribution in [0.1, 0.15) is 69.1 Å². The molecule has 2 N–H and O–H groups in total. The van der Waals surface area contributed by atoms with Crippen molar-refractivity contribution in [2.24, 2.45) is 0 Å². The number of alkyl carbamates (subject to hydrolysis) is 1. The lowest BCUT2D eigenvalue weighted by molar-refractivity contribution is 0.0362. The van der Waals surface area contributed by atoms with Crippen molar-refractivity contribution >= 4 is 12.1 Å². The molecule has 1 aliphatic carbocycles. The van der Waals surface area contributed by atoms with Crippen LogP contribution in [0.3, 0.4) is 0 Å². The summed E-state index contributed by atoms with van der Waals surface area (Å²) in [6.07, 6.45) is 2.49. The fourth-order valence-electron chi connectivity index (χ4n) is 4.12. The van der Waals surface area contributed by atoms with E-state index >= 15 is 0 Å². The number of aromatic nitrogens is 2. The first-order chi connectivity index (χ1) is 17.9. The highest BCUT2D eigenvalue weighted by atomic mass is 16.6. The molecule has 1 heterocycles. The molecular weight excluding hydrogens is 486 g/mol. The van der Waals surface area contributed by atoms with E-state index < -0.39 is 17.7 Å². The van der Waals surface area contributed by atoms with Gasteiger partial charge in [-0.25, -0.2) is 14.6 Å². The predicted octanol–water partition coefficient (Wildman–Crippen LogP) is 5.73. The van der Waals surface area contributed by atoms with Gasteiger partial charge in [0.2, 0.25) is 0 Å². The van der Waals surface area contributed by atoms with E-state index in [4.69, 9.17) is 19.3 Å². The molecule has 9 heteroatoms. The first kappa shape index (κ1) is 26.9. The Bertz CT molecular complexity index is 1280. The minimum Gasteiger partial charge on any atom is -0.490 e. The van der Waals surface area contributed by atoms with Crippen LogP contribution >= 0.6 is 0 Å². The van der Waals surface area contributed by atoms with E-state index in [2.05, 4.69) is 41.3 Å². The van der Waals surface area contributed by atoms with Crippen molar-refractivity contribution in [3.05, 3.63) is 77.6 Å². The van der Waals surface area contributed by atoms with Crippen molar-refractivity contribution in [2.75, 3.05) is 0 Å². The Labute approximate surface area is 222 Å². The van der Waals surface area contributed by atoms with Crippen LogP contribution in [0.4, 0.5) is 4.79 Å². The van der Waals surface area contributed by atoms with Crippen molar-refractivity contribution in [2.45, 2.75) is 70.6 Å². The molecule has 1 amide bonds.